The number of alkyl halides is 3. The van der Waals surface area contributed by atoms with Crippen molar-refractivity contribution in [1.82, 2.24) is 4.90 Å². The molecule has 0 saturated carbocycles. The molecule has 3 nitrogen and oxygen atoms in total. The Bertz CT molecular complexity index is 365. The average Bonchev–Trinajstić information content (AvgIpc) is 2.28. The van der Waals surface area contributed by atoms with E-state index in [1.54, 1.807) is 12.1 Å². The lowest BCUT2D eigenvalue weighted by atomic mass is 10.2. The van der Waals surface area contributed by atoms with Crippen LogP contribution in [0.15, 0.2) is 24.3 Å². The van der Waals surface area contributed by atoms with E-state index in [2.05, 4.69) is 4.74 Å². The van der Waals surface area contributed by atoms with Crippen molar-refractivity contribution in [3.63, 3.8) is 0 Å². The first-order valence-electron chi connectivity index (χ1n) is 5.57. The number of likely N-dealkylation sites (N-methyl/N-ethyl adjacent to an activating group) is 1. The second-order valence-electron chi connectivity index (χ2n) is 4.19. The van der Waals surface area contributed by atoms with Crippen molar-refractivity contribution < 1.29 is 17.9 Å². The number of nitrogens with zero attached hydrogens (tertiary/aromatic N) is 1. The van der Waals surface area contributed by atoms with Gasteiger partial charge in [0, 0.05) is 19.1 Å². The van der Waals surface area contributed by atoms with Crippen molar-refractivity contribution in [2.75, 3.05) is 13.6 Å². The summed E-state index contributed by atoms with van der Waals surface area (Å²) in [6.45, 7) is 3.15. The molecular weight excluding hydrogens is 245 g/mol. The van der Waals surface area contributed by atoms with Crippen molar-refractivity contribution in [3.8, 4) is 5.75 Å². The fourth-order valence-corrected chi connectivity index (χ4v) is 1.42. The molecule has 0 aromatic heterocycles. The Kier molecular flexibility index (Phi) is 4.98. The standard InChI is InChI=1S/C12H17F3N2O/c1-9(7-16)17(2)8-10-3-5-11(6-4-10)18-12(13,14)15/h3-6,9H,7-8,16H2,1-2H3. The largest absolute Gasteiger partial charge is 0.573 e. The molecule has 0 aliphatic carbocycles. The van der Waals surface area contributed by atoms with E-state index in [-0.39, 0.29) is 11.8 Å². The van der Waals surface area contributed by atoms with E-state index in [9.17, 15) is 13.2 Å². The summed E-state index contributed by atoms with van der Waals surface area (Å²) in [5.41, 5.74) is 6.44. The zero-order chi connectivity index (χ0) is 13.8. The van der Waals surface area contributed by atoms with E-state index in [1.165, 1.54) is 12.1 Å². The Morgan fingerprint density at radius 3 is 2.28 bits per heavy atom. The highest BCUT2D eigenvalue weighted by Gasteiger charge is 2.30. The Hall–Kier alpha value is -1.27. The SMILES string of the molecule is CC(CN)N(C)Cc1ccc(OC(F)(F)F)cc1. The first kappa shape index (κ1) is 14.8. The van der Waals surface area contributed by atoms with Crippen LogP contribution in [0.1, 0.15) is 12.5 Å². The van der Waals surface area contributed by atoms with Gasteiger partial charge in [0.05, 0.1) is 0 Å². The average molecular weight is 262 g/mol. The Balaban J connectivity index is 2.60. The summed E-state index contributed by atoms with van der Waals surface area (Å²) >= 11 is 0. The Morgan fingerprint density at radius 2 is 1.83 bits per heavy atom. The third kappa shape index (κ3) is 4.93. The summed E-state index contributed by atoms with van der Waals surface area (Å²) in [7, 11) is 1.91. The molecule has 0 aliphatic heterocycles. The van der Waals surface area contributed by atoms with Crippen LogP contribution in [0, 0.1) is 0 Å². The van der Waals surface area contributed by atoms with Gasteiger partial charge in [-0.2, -0.15) is 0 Å². The van der Waals surface area contributed by atoms with E-state index in [4.69, 9.17) is 5.73 Å². The van der Waals surface area contributed by atoms with Crippen molar-refractivity contribution in [2.24, 2.45) is 5.73 Å². The van der Waals surface area contributed by atoms with E-state index < -0.39 is 6.36 Å². The molecule has 0 radical (unpaired) electrons. The van der Waals surface area contributed by atoms with Crippen LogP contribution >= 0.6 is 0 Å². The number of hydrogen-bond donors (Lipinski definition) is 1. The maximum Gasteiger partial charge on any atom is 0.573 e. The number of benzene rings is 1. The van der Waals surface area contributed by atoms with Gasteiger partial charge in [0.15, 0.2) is 0 Å². The second kappa shape index (κ2) is 6.06. The van der Waals surface area contributed by atoms with Crippen molar-refractivity contribution >= 4 is 0 Å². The minimum atomic E-state index is -4.65. The molecule has 0 fully saturated rings. The van der Waals surface area contributed by atoms with Crippen LogP contribution in [0.4, 0.5) is 13.2 Å². The molecule has 102 valence electrons. The predicted octanol–water partition coefficient (Wildman–Crippen LogP) is 2.36. The van der Waals surface area contributed by atoms with Gasteiger partial charge < -0.3 is 10.5 Å². The van der Waals surface area contributed by atoms with E-state index in [0.29, 0.717) is 13.1 Å². The fraction of sp³-hybridized carbons (Fsp3) is 0.500. The van der Waals surface area contributed by atoms with Gasteiger partial charge in [-0.25, -0.2) is 0 Å². The number of rotatable bonds is 5. The monoisotopic (exact) mass is 262 g/mol. The van der Waals surface area contributed by atoms with Crippen LogP contribution in [0.5, 0.6) is 5.75 Å². The third-order valence-corrected chi connectivity index (χ3v) is 2.68. The lowest BCUT2D eigenvalue weighted by Gasteiger charge is -2.23. The number of hydrogen-bond acceptors (Lipinski definition) is 3. The lowest BCUT2D eigenvalue weighted by Crippen LogP contribution is -2.34. The summed E-state index contributed by atoms with van der Waals surface area (Å²) in [5, 5.41) is 0. The molecule has 0 saturated heterocycles. The van der Waals surface area contributed by atoms with Gasteiger partial charge in [-0.05, 0) is 31.7 Å². The summed E-state index contributed by atoms with van der Waals surface area (Å²) < 4.78 is 39.7. The molecule has 1 rings (SSSR count). The minimum absolute atomic E-state index is 0.208. The molecule has 1 atom stereocenters. The number of nitrogens with two attached hydrogens (primary N) is 1. The van der Waals surface area contributed by atoms with Crippen LogP contribution in [-0.4, -0.2) is 30.9 Å². The molecule has 1 aromatic carbocycles. The summed E-state index contributed by atoms with van der Waals surface area (Å²) in [6, 6.07) is 6.06. The Morgan fingerprint density at radius 1 is 1.28 bits per heavy atom. The zero-order valence-electron chi connectivity index (χ0n) is 10.4. The molecule has 6 heteroatoms. The molecule has 0 amide bonds. The maximum atomic E-state index is 12.0. The maximum absolute atomic E-state index is 12.0. The highest BCUT2D eigenvalue weighted by atomic mass is 19.4. The quantitative estimate of drug-likeness (QED) is 0.885. The fourth-order valence-electron chi connectivity index (χ4n) is 1.42. The predicted molar refractivity (Wildman–Crippen MR) is 63.1 cm³/mol. The molecule has 0 aliphatic rings. The number of ether oxygens (including phenoxy) is 1. The minimum Gasteiger partial charge on any atom is -0.406 e. The van der Waals surface area contributed by atoms with Crippen LogP contribution in [0.2, 0.25) is 0 Å². The summed E-state index contributed by atoms with van der Waals surface area (Å²) in [5.74, 6) is -0.208. The molecule has 0 spiro atoms. The summed E-state index contributed by atoms with van der Waals surface area (Å²) in [4.78, 5) is 2.03. The molecule has 0 heterocycles. The van der Waals surface area contributed by atoms with Crippen molar-refractivity contribution in [3.05, 3.63) is 29.8 Å². The van der Waals surface area contributed by atoms with Gasteiger partial charge in [-0.3, -0.25) is 4.90 Å². The first-order valence-corrected chi connectivity index (χ1v) is 5.57. The summed E-state index contributed by atoms with van der Waals surface area (Å²) in [6.07, 6.45) is -4.65. The lowest BCUT2D eigenvalue weighted by molar-refractivity contribution is -0.274. The van der Waals surface area contributed by atoms with Gasteiger partial charge in [0.25, 0.3) is 0 Å². The second-order valence-corrected chi connectivity index (χ2v) is 4.19. The molecular formula is C12H17F3N2O. The molecule has 1 unspecified atom stereocenters. The highest BCUT2D eigenvalue weighted by molar-refractivity contribution is 5.27. The van der Waals surface area contributed by atoms with Crippen LogP contribution in [0.25, 0.3) is 0 Å². The van der Waals surface area contributed by atoms with Crippen molar-refractivity contribution in [2.45, 2.75) is 25.9 Å². The van der Waals surface area contributed by atoms with Crippen molar-refractivity contribution in [1.29, 1.82) is 0 Å². The molecule has 2 N–H and O–H groups in total. The van der Waals surface area contributed by atoms with Crippen LogP contribution in [-0.2, 0) is 6.54 Å². The van der Waals surface area contributed by atoms with Gasteiger partial charge in [0.1, 0.15) is 5.75 Å². The normalized spacial score (nSPS) is 13.7. The first-order chi connectivity index (χ1) is 8.31. The molecule has 0 bridgehead atoms. The topological polar surface area (TPSA) is 38.5 Å². The number of halogens is 3. The van der Waals surface area contributed by atoms with Gasteiger partial charge >= 0.3 is 6.36 Å². The molecule has 1 aromatic rings. The zero-order valence-corrected chi connectivity index (χ0v) is 10.4. The van der Waals surface area contributed by atoms with E-state index >= 15 is 0 Å². The third-order valence-electron chi connectivity index (χ3n) is 2.68. The van der Waals surface area contributed by atoms with Crippen LogP contribution in [0.3, 0.4) is 0 Å². The highest BCUT2D eigenvalue weighted by Crippen LogP contribution is 2.23. The van der Waals surface area contributed by atoms with Gasteiger partial charge in [0.2, 0.25) is 0 Å². The van der Waals surface area contributed by atoms with E-state index in [1.807, 2.05) is 18.9 Å². The van der Waals surface area contributed by atoms with E-state index in [0.717, 1.165) is 5.56 Å². The Labute approximate surface area is 104 Å². The van der Waals surface area contributed by atoms with Crippen LogP contribution < -0.4 is 10.5 Å². The smallest absolute Gasteiger partial charge is 0.406 e. The van der Waals surface area contributed by atoms with Gasteiger partial charge in [-0.1, -0.05) is 12.1 Å². The molecule has 18 heavy (non-hydrogen) atoms. The van der Waals surface area contributed by atoms with Gasteiger partial charge in [-0.15, -0.1) is 13.2 Å².